The zero-order valence-electron chi connectivity index (χ0n) is 14.4. The number of carbonyl (C=O) groups is 2. The molecule has 0 bridgehead atoms. The molecular weight excluding hydrogens is 390 g/mol. The van der Waals surface area contributed by atoms with E-state index in [0.29, 0.717) is 11.6 Å². The SMILES string of the molecule is Cc1ccccc1SCC(=O)OCC(=O)NCCSc1ccc(Cl)cc1. The van der Waals surface area contributed by atoms with Gasteiger partial charge in [-0.05, 0) is 42.8 Å². The van der Waals surface area contributed by atoms with E-state index < -0.39 is 5.97 Å². The van der Waals surface area contributed by atoms with Crippen LogP contribution in [0.1, 0.15) is 5.56 Å². The fraction of sp³-hybridized carbons (Fsp3) is 0.263. The molecule has 0 aliphatic rings. The number of ether oxygens (including phenoxy) is 1. The summed E-state index contributed by atoms with van der Waals surface area (Å²) in [4.78, 5) is 25.6. The number of halogens is 1. The van der Waals surface area contributed by atoms with Crippen LogP contribution in [-0.4, -0.2) is 36.5 Å². The van der Waals surface area contributed by atoms with Crippen molar-refractivity contribution in [3.63, 3.8) is 0 Å². The molecule has 138 valence electrons. The number of benzene rings is 2. The Hall–Kier alpha value is -1.63. The van der Waals surface area contributed by atoms with Crippen LogP contribution >= 0.6 is 35.1 Å². The molecule has 0 atom stereocenters. The Morgan fingerprint density at radius 1 is 1.08 bits per heavy atom. The van der Waals surface area contributed by atoms with E-state index in [1.807, 2.05) is 55.5 Å². The molecule has 2 rings (SSSR count). The number of aryl methyl sites for hydroxylation is 1. The van der Waals surface area contributed by atoms with Crippen molar-refractivity contribution in [2.45, 2.75) is 16.7 Å². The fourth-order valence-electron chi connectivity index (χ4n) is 1.98. The Morgan fingerprint density at radius 2 is 1.81 bits per heavy atom. The first-order valence-corrected chi connectivity index (χ1v) is 10.4. The minimum atomic E-state index is -0.399. The Morgan fingerprint density at radius 3 is 2.54 bits per heavy atom. The monoisotopic (exact) mass is 409 g/mol. The molecule has 1 N–H and O–H groups in total. The van der Waals surface area contributed by atoms with Gasteiger partial charge in [-0.3, -0.25) is 9.59 Å². The van der Waals surface area contributed by atoms with Crippen molar-refractivity contribution in [2.75, 3.05) is 24.7 Å². The fourth-order valence-corrected chi connectivity index (χ4v) is 3.71. The molecule has 0 saturated carbocycles. The molecule has 0 saturated heterocycles. The van der Waals surface area contributed by atoms with E-state index in [9.17, 15) is 9.59 Å². The van der Waals surface area contributed by atoms with E-state index in [1.54, 1.807) is 11.8 Å². The first kappa shape index (κ1) is 20.7. The molecule has 7 heteroatoms. The second-order valence-electron chi connectivity index (χ2n) is 5.37. The predicted molar refractivity (Wildman–Crippen MR) is 108 cm³/mol. The summed E-state index contributed by atoms with van der Waals surface area (Å²) in [6, 6.07) is 15.4. The molecule has 2 aromatic rings. The number of thioether (sulfide) groups is 2. The average molecular weight is 410 g/mol. The number of carbonyl (C=O) groups excluding carboxylic acids is 2. The highest BCUT2D eigenvalue weighted by Crippen LogP contribution is 2.21. The largest absolute Gasteiger partial charge is 0.455 e. The number of hydrogen-bond acceptors (Lipinski definition) is 5. The van der Waals surface area contributed by atoms with Crippen LogP contribution in [0, 0.1) is 6.92 Å². The average Bonchev–Trinajstić information content (AvgIpc) is 2.64. The van der Waals surface area contributed by atoms with Crippen LogP contribution in [0.15, 0.2) is 58.3 Å². The molecule has 2 aromatic carbocycles. The number of amides is 1. The number of esters is 1. The Balaban J connectivity index is 1.57. The van der Waals surface area contributed by atoms with Crippen molar-refractivity contribution < 1.29 is 14.3 Å². The molecule has 0 heterocycles. The number of hydrogen-bond donors (Lipinski definition) is 1. The maximum Gasteiger partial charge on any atom is 0.316 e. The second kappa shape index (κ2) is 11.2. The minimum absolute atomic E-state index is 0.185. The summed E-state index contributed by atoms with van der Waals surface area (Å²) in [6.07, 6.45) is 0. The van der Waals surface area contributed by atoms with Crippen molar-refractivity contribution >= 4 is 47.0 Å². The minimum Gasteiger partial charge on any atom is -0.455 e. The normalized spacial score (nSPS) is 10.4. The third-order valence-electron chi connectivity index (χ3n) is 3.31. The lowest BCUT2D eigenvalue weighted by Crippen LogP contribution is -2.30. The van der Waals surface area contributed by atoms with E-state index in [4.69, 9.17) is 16.3 Å². The van der Waals surface area contributed by atoms with Gasteiger partial charge in [0.05, 0.1) is 5.75 Å². The highest BCUT2D eigenvalue weighted by Gasteiger charge is 2.09. The Bertz CT molecular complexity index is 738. The highest BCUT2D eigenvalue weighted by atomic mass is 35.5. The van der Waals surface area contributed by atoms with Gasteiger partial charge in [-0.1, -0.05) is 29.8 Å². The topological polar surface area (TPSA) is 55.4 Å². The van der Waals surface area contributed by atoms with Crippen molar-refractivity contribution in [2.24, 2.45) is 0 Å². The van der Waals surface area contributed by atoms with Gasteiger partial charge in [0.2, 0.25) is 0 Å². The summed E-state index contributed by atoms with van der Waals surface area (Å²) in [5.74, 6) is 0.217. The summed E-state index contributed by atoms with van der Waals surface area (Å²) < 4.78 is 5.00. The zero-order chi connectivity index (χ0) is 18.8. The van der Waals surface area contributed by atoms with Gasteiger partial charge in [-0.2, -0.15) is 0 Å². The number of nitrogens with one attached hydrogen (secondary N) is 1. The van der Waals surface area contributed by atoms with E-state index in [1.165, 1.54) is 11.8 Å². The third kappa shape index (κ3) is 7.72. The van der Waals surface area contributed by atoms with Crippen LogP contribution in [0.25, 0.3) is 0 Å². The summed E-state index contributed by atoms with van der Waals surface area (Å²) in [6.45, 7) is 2.24. The van der Waals surface area contributed by atoms with Crippen LogP contribution in [0.5, 0.6) is 0 Å². The molecule has 0 fully saturated rings. The number of rotatable bonds is 9. The lowest BCUT2D eigenvalue weighted by molar-refractivity contribution is -0.145. The summed E-state index contributed by atoms with van der Waals surface area (Å²) >= 11 is 8.86. The molecule has 0 spiro atoms. The standard InChI is InChI=1S/C19H20ClNO3S2/c1-14-4-2-3-5-17(14)26-13-19(23)24-12-18(22)21-10-11-25-16-8-6-15(20)7-9-16/h2-9H,10-13H2,1H3,(H,21,22). The summed E-state index contributed by atoms with van der Waals surface area (Å²) in [5, 5.41) is 3.43. The first-order valence-electron chi connectivity index (χ1n) is 8.04. The van der Waals surface area contributed by atoms with Crippen LogP contribution in [0.2, 0.25) is 5.02 Å². The molecule has 26 heavy (non-hydrogen) atoms. The van der Waals surface area contributed by atoms with Gasteiger partial charge in [0.15, 0.2) is 6.61 Å². The smallest absolute Gasteiger partial charge is 0.316 e. The molecular formula is C19H20ClNO3S2. The first-order chi connectivity index (χ1) is 12.5. The van der Waals surface area contributed by atoms with Crippen LogP contribution in [0.3, 0.4) is 0 Å². The molecule has 4 nitrogen and oxygen atoms in total. The van der Waals surface area contributed by atoms with Crippen LogP contribution in [-0.2, 0) is 14.3 Å². The van der Waals surface area contributed by atoms with Gasteiger partial charge in [0, 0.05) is 27.1 Å². The van der Waals surface area contributed by atoms with Crippen molar-refractivity contribution in [3.05, 3.63) is 59.1 Å². The maximum absolute atomic E-state index is 11.7. The predicted octanol–water partition coefficient (Wildman–Crippen LogP) is 4.19. The van der Waals surface area contributed by atoms with E-state index in [-0.39, 0.29) is 18.3 Å². The van der Waals surface area contributed by atoms with Gasteiger partial charge < -0.3 is 10.1 Å². The lowest BCUT2D eigenvalue weighted by Gasteiger charge is -2.07. The van der Waals surface area contributed by atoms with Crippen molar-refractivity contribution in [3.8, 4) is 0 Å². The molecule has 0 aliphatic heterocycles. The van der Waals surface area contributed by atoms with Gasteiger partial charge in [0.25, 0.3) is 5.91 Å². The third-order valence-corrected chi connectivity index (χ3v) is 5.72. The maximum atomic E-state index is 11.7. The Kier molecular flexibility index (Phi) is 8.88. The quantitative estimate of drug-likeness (QED) is 0.382. The molecule has 1 amide bonds. The van der Waals surface area contributed by atoms with Crippen molar-refractivity contribution in [1.29, 1.82) is 0 Å². The van der Waals surface area contributed by atoms with Gasteiger partial charge in [-0.25, -0.2) is 0 Å². The second-order valence-corrected chi connectivity index (χ2v) is 7.99. The van der Waals surface area contributed by atoms with Gasteiger partial charge >= 0.3 is 5.97 Å². The summed E-state index contributed by atoms with van der Waals surface area (Å²) in [7, 11) is 0. The van der Waals surface area contributed by atoms with Gasteiger partial charge in [-0.15, -0.1) is 23.5 Å². The van der Waals surface area contributed by atoms with Crippen molar-refractivity contribution in [1.82, 2.24) is 5.32 Å². The van der Waals surface area contributed by atoms with E-state index in [0.717, 1.165) is 21.1 Å². The summed E-state index contributed by atoms with van der Waals surface area (Å²) in [5.41, 5.74) is 1.11. The molecule has 0 radical (unpaired) electrons. The van der Waals surface area contributed by atoms with E-state index >= 15 is 0 Å². The molecule has 0 unspecified atom stereocenters. The molecule has 0 aromatic heterocycles. The molecule has 0 aliphatic carbocycles. The van der Waals surface area contributed by atoms with E-state index in [2.05, 4.69) is 5.32 Å². The highest BCUT2D eigenvalue weighted by molar-refractivity contribution is 8.00. The zero-order valence-corrected chi connectivity index (χ0v) is 16.8. The lowest BCUT2D eigenvalue weighted by atomic mass is 10.2. The Labute approximate surface area is 167 Å². The van der Waals surface area contributed by atoms with Gasteiger partial charge in [0.1, 0.15) is 0 Å². The van der Waals surface area contributed by atoms with Crippen LogP contribution < -0.4 is 5.32 Å². The van der Waals surface area contributed by atoms with Crippen LogP contribution in [0.4, 0.5) is 0 Å².